The Morgan fingerprint density at radius 1 is 1.15 bits per heavy atom. The molecule has 2 saturated heterocycles. The Morgan fingerprint density at radius 3 is 2.55 bits per heavy atom. The SMILES string of the molecule is CCS(=O)(=O)N[C@@H]1[C@H](Cc2cccc(-c3ccccc3)c2)N(C(=O)[C@H]2CCCO2)CC1(F)F. The number of benzene rings is 2. The molecule has 2 aromatic rings. The van der Waals surface area contributed by atoms with Crippen LogP contribution >= 0.6 is 0 Å². The van der Waals surface area contributed by atoms with E-state index in [1.807, 2.05) is 54.6 Å². The molecule has 33 heavy (non-hydrogen) atoms. The van der Waals surface area contributed by atoms with Crippen LogP contribution in [0.3, 0.4) is 0 Å². The van der Waals surface area contributed by atoms with Gasteiger partial charge in [0.05, 0.1) is 18.3 Å². The number of hydrogen-bond donors (Lipinski definition) is 1. The van der Waals surface area contributed by atoms with Crippen molar-refractivity contribution in [3.63, 3.8) is 0 Å². The fourth-order valence-electron chi connectivity index (χ4n) is 4.52. The molecule has 1 amide bonds. The van der Waals surface area contributed by atoms with Crippen molar-refractivity contribution in [1.82, 2.24) is 9.62 Å². The van der Waals surface area contributed by atoms with Gasteiger partial charge in [-0.1, -0.05) is 54.6 Å². The number of hydrogen-bond acceptors (Lipinski definition) is 4. The predicted molar refractivity (Wildman–Crippen MR) is 121 cm³/mol. The third-order valence-electron chi connectivity index (χ3n) is 6.27. The second-order valence-corrected chi connectivity index (χ2v) is 10.6. The Hall–Kier alpha value is -2.36. The molecule has 0 saturated carbocycles. The molecule has 178 valence electrons. The number of rotatable bonds is 7. The van der Waals surface area contributed by atoms with Crippen LogP contribution in [0.4, 0.5) is 8.78 Å². The molecule has 0 radical (unpaired) electrons. The summed E-state index contributed by atoms with van der Waals surface area (Å²) in [6, 6.07) is 14.4. The number of amides is 1. The summed E-state index contributed by atoms with van der Waals surface area (Å²) in [6.07, 6.45) is 0.491. The minimum Gasteiger partial charge on any atom is -0.368 e. The van der Waals surface area contributed by atoms with Crippen molar-refractivity contribution in [2.75, 3.05) is 18.9 Å². The fourth-order valence-corrected chi connectivity index (χ4v) is 5.41. The van der Waals surface area contributed by atoms with Gasteiger partial charge in [-0.2, -0.15) is 0 Å². The van der Waals surface area contributed by atoms with Gasteiger partial charge in [0.1, 0.15) is 12.1 Å². The maximum atomic E-state index is 15.1. The van der Waals surface area contributed by atoms with Gasteiger partial charge in [-0.25, -0.2) is 21.9 Å². The second kappa shape index (κ2) is 9.48. The lowest BCUT2D eigenvalue weighted by Crippen LogP contribution is -2.53. The molecule has 2 aromatic carbocycles. The lowest BCUT2D eigenvalue weighted by molar-refractivity contribution is -0.143. The van der Waals surface area contributed by atoms with Gasteiger partial charge < -0.3 is 9.64 Å². The summed E-state index contributed by atoms with van der Waals surface area (Å²) >= 11 is 0. The molecule has 0 bridgehead atoms. The first-order valence-corrected chi connectivity index (χ1v) is 12.8. The average molecular weight is 479 g/mol. The van der Waals surface area contributed by atoms with E-state index >= 15 is 8.78 Å². The predicted octanol–water partition coefficient (Wildman–Crippen LogP) is 3.23. The quantitative estimate of drug-likeness (QED) is 0.663. The zero-order valence-electron chi connectivity index (χ0n) is 18.4. The van der Waals surface area contributed by atoms with Crippen molar-refractivity contribution in [3.05, 3.63) is 60.2 Å². The molecular weight excluding hydrogens is 450 g/mol. The number of sulfonamides is 1. The summed E-state index contributed by atoms with van der Waals surface area (Å²) in [6.45, 7) is 0.963. The largest absolute Gasteiger partial charge is 0.368 e. The van der Waals surface area contributed by atoms with E-state index in [2.05, 4.69) is 4.72 Å². The summed E-state index contributed by atoms with van der Waals surface area (Å²) in [4.78, 5) is 14.2. The van der Waals surface area contributed by atoms with Crippen LogP contribution in [-0.4, -0.2) is 62.2 Å². The average Bonchev–Trinajstić information content (AvgIpc) is 3.42. The highest BCUT2D eigenvalue weighted by molar-refractivity contribution is 7.89. The highest BCUT2D eigenvalue weighted by Crippen LogP contribution is 2.36. The van der Waals surface area contributed by atoms with Gasteiger partial charge in [0.25, 0.3) is 11.8 Å². The van der Waals surface area contributed by atoms with Crippen LogP contribution in [0.15, 0.2) is 54.6 Å². The van der Waals surface area contributed by atoms with Crippen molar-refractivity contribution in [2.45, 2.75) is 50.3 Å². The first-order valence-electron chi connectivity index (χ1n) is 11.1. The van der Waals surface area contributed by atoms with Gasteiger partial charge in [0.2, 0.25) is 10.0 Å². The lowest BCUT2D eigenvalue weighted by atomic mass is 9.96. The molecule has 3 atom stereocenters. The van der Waals surface area contributed by atoms with Gasteiger partial charge in [-0.05, 0) is 42.9 Å². The van der Waals surface area contributed by atoms with Crippen LogP contribution in [0.25, 0.3) is 11.1 Å². The first-order chi connectivity index (χ1) is 15.7. The number of nitrogens with one attached hydrogen (secondary N) is 1. The van der Waals surface area contributed by atoms with Crippen molar-refractivity contribution in [1.29, 1.82) is 0 Å². The summed E-state index contributed by atoms with van der Waals surface area (Å²) in [5, 5.41) is 0. The zero-order valence-corrected chi connectivity index (χ0v) is 19.2. The number of halogens is 2. The highest BCUT2D eigenvalue weighted by atomic mass is 32.2. The highest BCUT2D eigenvalue weighted by Gasteiger charge is 2.57. The van der Waals surface area contributed by atoms with Crippen LogP contribution in [0.5, 0.6) is 0 Å². The van der Waals surface area contributed by atoms with Gasteiger partial charge >= 0.3 is 0 Å². The maximum absolute atomic E-state index is 15.1. The van der Waals surface area contributed by atoms with E-state index in [-0.39, 0.29) is 12.2 Å². The van der Waals surface area contributed by atoms with E-state index in [0.29, 0.717) is 19.4 Å². The second-order valence-electron chi connectivity index (χ2n) is 8.57. The van der Waals surface area contributed by atoms with E-state index in [4.69, 9.17) is 4.74 Å². The van der Waals surface area contributed by atoms with E-state index in [0.717, 1.165) is 21.6 Å². The molecule has 9 heteroatoms. The fraction of sp³-hybridized carbons (Fsp3) is 0.458. The van der Waals surface area contributed by atoms with E-state index in [1.54, 1.807) is 0 Å². The van der Waals surface area contributed by atoms with Crippen LogP contribution in [0, 0.1) is 0 Å². The Balaban J connectivity index is 1.67. The van der Waals surface area contributed by atoms with Crippen LogP contribution < -0.4 is 4.72 Å². The number of ether oxygens (including phenoxy) is 1. The molecule has 2 aliphatic heterocycles. The first kappa shape index (κ1) is 23.8. The van der Waals surface area contributed by atoms with Gasteiger partial charge in [-0.3, -0.25) is 4.79 Å². The van der Waals surface area contributed by atoms with E-state index in [9.17, 15) is 13.2 Å². The smallest absolute Gasteiger partial charge is 0.283 e. The molecule has 6 nitrogen and oxygen atoms in total. The number of nitrogens with zero attached hydrogens (tertiary/aromatic N) is 1. The van der Waals surface area contributed by atoms with Gasteiger partial charge in [-0.15, -0.1) is 0 Å². The summed E-state index contributed by atoms with van der Waals surface area (Å²) in [7, 11) is -3.92. The molecule has 2 heterocycles. The molecule has 0 aromatic heterocycles. The van der Waals surface area contributed by atoms with Crippen LogP contribution in [-0.2, 0) is 26.0 Å². The Bertz CT molecular complexity index is 1090. The summed E-state index contributed by atoms with van der Waals surface area (Å²) in [5.74, 6) is -4.23. The number of alkyl halides is 2. The van der Waals surface area contributed by atoms with Crippen molar-refractivity contribution < 1.29 is 26.7 Å². The van der Waals surface area contributed by atoms with Crippen molar-refractivity contribution in [3.8, 4) is 11.1 Å². The molecule has 2 fully saturated rings. The molecule has 1 N–H and O–H groups in total. The topological polar surface area (TPSA) is 75.7 Å². The van der Waals surface area contributed by atoms with Crippen molar-refractivity contribution >= 4 is 15.9 Å². The number of likely N-dealkylation sites (tertiary alicyclic amines) is 1. The Morgan fingerprint density at radius 2 is 1.88 bits per heavy atom. The summed E-state index contributed by atoms with van der Waals surface area (Å²) < 4.78 is 62.3. The van der Waals surface area contributed by atoms with Crippen LogP contribution in [0.2, 0.25) is 0 Å². The van der Waals surface area contributed by atoms with Gasteiger partial charge in [0.15, 0.2) is 0 Å². The van der Waals surface area contributed by atoms with Gasteiger partial charge in [0, 0.05) is 6.61 Å². The maximum Gasteiger partial charge on any atom is 0.283 e. The Kier molecular flexibility index (Phi) is 6.83. The Labute approximate surface area is 193 Å². The molecular formula is C24H28F2N2O4S. The molecule has 2 aliphatic rings. The third kappa shape index (κ3) is 5.26. The van der Waals surface area contributed by atoms with Crippen molar-refractivity contribution in [2.24, 2.45) is 0 Å². The monoisotopic (exact) mass is 478 g/mol. The molecule has 0 spiro atoms. The third-order valence-corrected chi connectivity index (χ3v) is 7.65. The lowest BCUT2D eigenvalue weighted by Gasteiger charge is -2.30. The molecule has 0 aliphatic carbocycles. The molecule has 4 rings (SSSR count). The number of carbonyl (C=O) groups is 1. The number of carbonyl (C=O) groups excluding carboxylic acids is 1. The minimum absolute atomic E-state index is 0.0889. The molecule has 0 unspecified atom stereocenters. The van der Waals surface area contributed by atoms with E-state index < -0.39 is 46.6 Å². The standard InChI is InChI=1S/C24H28F2N2O4S/c1-2-33(30,31)27-22-20(28(16-24(22,25)26)23(29)21-12-7-13-32-21)15-17-8-6-11-19(14-17)18-9-4-3-5-10-18/h3-6,8-11,14,20-22,27H,2,7,12-13,15-16H2,1H3/t20-,21+,22+/m0/s1. The van der Waals surface area contributed by atoms with E-state index in [1.165, 1.54) is 6.92 Å². The minimum atomic E-state index is -3.92. The van der Waals surface area contributed by atoms with Crippen LogP contribution in [0.1, 0.15) is 25.3 Å². The summed E-state index contributed by atoms with van der Waals surface area (Å²) in [5.41, 5.74) is 2.64. The normalized spacial score (nSPS) is 24.8. The zero-order chi connectivity index (χ0) is 23.6.